The highest BCUT2D eigenvalue weighted by Crippen LogP contribution is 2.13. The van der Waals surface area contributed by atoms with E-state index in [4.69, 9.17) is 0 Å². The van der Waals surface area contributed by atoms with Gasteiger partial charge in [-0.1, -0.05) is 0 Å². The molecule has 2 fully saturated rings. The van der Waals surface area contributed by atoms with Gasteiger partial charge in [0.15, 0.2) is 0 Å². The quantitative estimate of drug-likeness (QED) is 0.788. The van der Waals surface area contributed by atoms with Gasteiger partial charge in [0.2, 0.25) is 5.91 Å². The van der Waals surface area contributed by atoms with E-state index in [9.17, 15) is 4.79 Å². The third-order valence-corrected chi connectivity index (χ3v) is 4.45. The summed E-state index contributed by atoms with van der Waals surface area (Å²) in [6.07, 6.45) is 5.83. The van der Waals surface area contributed by atoms with Crippen molar-refractivity contribution in [2.45, 2.75) is 39.0 Å². The number of piperidine rings is 1. The Morgan fingerprint density at radius 2 is 2.11 bits per heavy atom. The normalized spacial score (nSPS) is 24.6. The smallest absolute Gasteiger partial charge is 0.223 e. The van der Waals surface area contributed by atoms with Crippen LogP contribution in [0.2, 0.25) is 0 Å². The molecule has 2 heterocycles. The standard InChI is InChI=1S/C15H29N3O/c1-2-18(13-14-6-5-8-16-12-14)15(19)7-11-17-9-3-4-10-17/h14,16H,2-13H2,1H3. The molecule has 0 aliphatic carbocycles. The van der Waals surface area contributed by atoms with Crippen molar-refractivity contribution in [2.24, 2.45) is 5.92 Å². The molecule has 2 saturated heterocycles. The number of hydrogen-bond acceptors (Lipinski definition) is 3. The molecule has 4 heteroatoms. The van der Waals surface area contributed by atoms with Gasteiger partial charge in [-0.05, 0) is 64.7 Å². The van der Waals surface area contributed by atoms with E-state index in [1.54, 1.807) is 0 Å². The maximum atomic E-state index is 12.3. The van der Waals surface area contributed by atoms with Crippen LogP contribution in [-0.2, 0) is 4.79 Å². The zero-order valence-corrected chi connectivity index (χ0v) is 12.4. The average Bonchev–Trinajstić information content (AvgIpc) is 2.96. The maximum Gasteiger partial charge on any atom is 0.223 e. The Balaban J connectivity index is 1.70. The van der Waals surface area contributed by atoms with Gasteiger partial charge in [0.1, 0.15) is 0 Å². The van der Waals surface area contributed by atoms with Gasteiger partial charge in [-0.2, -0.15) is 0 Å². The monoisotopic (exact) mass is 267 g/mol. The Labute approximate surface area is 117 Å². The van der Waals surface area contributed by atoms with E-state index < -0.39 is 0 Å². The minimum absolute atomic E-state index is 0.347. The summed E-state index contributed by atoms with van der Waals surface area (Å²) < 4.78 is 0. The number of nitrogens with zero attached hydrogens (tertiary/aromatic N) is 2. The zero-order chi connectivity index (χ0) is 13.5. The Kier molecular flexibility index (Phi) is 6.11. The van der Waals surface area contributed by atoms with E-state index >= 15 is 0 Å². The van der Waals surface area contributed by atoms with E-state index in [-0.39, 0.29) is 0 Å². The van der Waals surface area contributed by atoms with Crippen LogP contribution in [0.4, 0.5) is 0 Å². The zero-order valence-electron chi connectivity index (χ0n) is 12.4. The van der Waals surface area contributed by atoms with Crippen molar-refractivity contribution >= 4 is 5.91 Å². The minimum atomic E-state index is 0.347. The Hall–Kier alpha value is -0.610. The summed E-state index contributed by atoms with van der Waals surface area (Å²) in [6.45, 7) is 9.46. The summed E-state index contributed by atoms with van der Waals surface area (Å²) in [5.74, 6) is 1.00. The first-order valence-electron chi connectivity index (χ1n) is 8.00. The summed E-state index contributed by atoms with van der Waals surface area (Å²) in [7, 11) is 0. The fourth-order valence-corrected chi connectivity index (χ4v) is 3.22. The van der Waals surface area contributed by atoms with E-state index in [0.717, 1.165) is 32.7 Å². The van der Waals surface area contributed by atoms with E-state index in [0.29, 0.717) is 18.2 Å². The van der Waals surface area contributed by atoms with E-state index in [1.165, 1.54) is 38.8 Å². The molecule has 1 unspecified atom stereocenters. The van der Waals surface area contributed by atoms with Gasteiger partial charge < -0.3 is 15.1 Å². The molecule has 1 atom stereocenters. The van der Waals surface area contributed by atoms with Crippen LogP contribution in [-0.4, -0.2) is 61.5 Å². The van der Waals surface area contributed by atoms with Gasteiger partial charge in [0, 0.05) is 26.1 Å². The second kappa shape index (κ2) is 7.85. The third-order valence-electron chi connectivity index (χ3n) is 4.45. The molecule has 2 aliphatic rings. The lowest BCUT2D eigenvalue weighted by molar-refractivity contribution is -0.132. The molecule has 1 N–H and O–H groups in total. The van der Waals surface area contributed by atoms with Gasteiger partial charge in [-0.3, -0.25) is 4.79 Å². The molecule has 0 bridgehead atoms. The van der Waals surface area contributed by atoms with Crippen molar-refractivity contribution in [3.8, 4) is 0 Å². The molecule has 1 amide bonds. The van der Waals surface area contributed by atoms with Crippen molar-refractivity contribution in [1.29, 1.82) is 0 Å². The second-order valence-corrected chi connectivity index (χ2v) is 5.94. The van der Waals surface area contributed by atoms with Gasteiger partial charge in [0.05, 0.1) is 0 Å². The molecule has 0 aromatic rings. The van der Waals surface area contributed by atoms with Gasteiger partial charge >= 0.3 is 0 Å². The molecule has 2 aliphatic heterocycles. The Morgan fingerprint density at radius 3 is 2.74 bits per heavy atom. The van der Waals surface area contributed by atoms with Crippen LogP contribution in [0.3, 0.4) is 0 Å². The summed E-state index contributed by atoms with van der Waals surface area (Å²) in [6, 6.07) is 0. The number of carbonyl (C=O) groups excluding carboxylic acids is 1. The second-order valence-electron chi connectivity index (χ2n) is 5.94. The number of nitrogens with one attached hydrogen (secondary N) is 1. The van der Waals surface area contributed by atoms with Crippen LogP contribution in [0, 0.1) is 5.92 Å². The fraction of sp³-hybridized carbons (Fsp3) is 0.933. The van der Waals surface area contributed by atoms with Crippen LogP contribution in [0.1, 0.15) is 39.0 Å². The highest BCUT2D eigenvalue weighted by atomic mass is 16.2. The Morgan fingerprint density at radius 1 is 1.32 bits per heavy atom. The van der Waals surface area contributed by atoms with Crippen LogP contribution in [0.5, 0.6) is 0 Å². The van der Waals surface area contributed by atoms with Crippen LogP contribution >= 0.6 is 0 Å². The predicted molar refractivity (Wildman–Crippen MR) is 78.1 cm³/mol. The minimum Gasteiger partial charge on any atom is -0.343 e. The topological polar surface area (TPSA) is 35.6 Å². The first-order valence-corrected chi connectivity index (χ1v) is 8.00. The van der Waals surface area contributed by atoms with Crippen molar-refractivity contribution in [3.63, 3.8) is 0 Å². The molecule has 0 radical (unpaired) electrons. The average molecular weight is 267 g/mol. The number of rotatable bonds is 6. The lowest BCUT2D eigenvalue weighted by atomic mass is 9.99. The molecule has 4 nitrogen and oxygen atoms in total. The van der Waals surface area contributed by atoms with Gasteiger partial charge in [-0.15, -0.1) is 0 Å². The lowest BCUT2D eigenvalue weighted by Crippen LogP contribution is -2.41. The highest BCUT2D eigenvalue weighted by Gasteiger charge is 2.20. The largest absolute Gasteiger partial charge is 0.343 e. The number of amides is 1. The molecule has 0 saturated carbocycles. The molecular formula is C15H29N3O. The van der Waals surface area contributed by atoms with E-state index in [2.05, 4.69) is 22.0 Å². The maximum absolute atomic E-state index is 12.3. The van der Waals surface area contributed by atoms with Crippen molar-refractivity contribution in [2.75, 3.05) is 45.8 Å². The van der Waals surface area contributed by atoms with Crippen LogP contribution < -0.4 is 5.32 Å². The van der Waals surface area contributed by atoms with E-state index in [1.807, 2.05) is 0 Å². The predicted octanol–water partition coefficient (Wildman–Crippen LogP) is 1.32. The molecule has 2 rings (SSSR count). The summed E-state index contributed by atoms with van der Waals surface area (Å²) >= 11 is 0. The summed E-state index contributed by atoms with van der Waals surface area (Å²) in [4.78, 5) is 16.8. The molecular weight excluding hydrogens is 238 g/mol. The van der Waals surface area contributed by atoms with Crippen molar-refractivity contribution in [1.82, 2.24) is 15.1 Å². The van der Waals surface area contributed by atoms with Crippen molar-refractivity contribution in [3.05, 3.63) is 0 Å². The number of carbonyl (C=O) groups is 1. The first-order chi connectivity index (χ1) is 9.29. The highest BCUT2D eigenvalue weighted by molar-refractivity contribution is 5.76. The van der Waals surface area contributed by atoms with Crippen molar-refractivity contribution < 1.29 is 4.79 Å². The number of likely N-dealkylation sites (tertiary alicyclic amines) is 1. The summed E-state index contributed by atoms with van der Waals surface area (Å²) in [5, 5.41) is 3.43. The fourth-order valence-electron chi connectivity index (χ4n) is 3.22. The summed E-state index contributed by atoms with van der Waals surface area (Å²) in [5.41, 5.74) is 0. The third kappa shape index (κ3) is 4.77. The van der Waals surface area contributed by atoms with Crippen LogP contribution in [0.25, 0.3) is 0 Å². The van der Waals surface area contributed by atoms with Gasteiger partial charge in [0.25, 0.3) is 0 Å². The Bertz CT molecular complexity index is 271. The lowest BCUT2D eigenvalue weighted by Gasteiger charge is -2.30. The first kappa shape index (κ1) is 14.8. The molecule has 0 spiro atoms. The molecule has 110 valence electrons. The van der Waals surface area contributed by atoms with Crippen LogP contribution in [0.15, 0.2) is 0 Å². The molecule has 19 heavy (non-hydrogen) atoms. The molecule has 0 aromatic heterocycles. The van der Waals surface area contributed by atoms with Gasteiger partial charge in [-0.25, -0.2) is 0 Å². The molecule has 0 aromatic carbocycles. The number of hydrogen-bond donors (Lipinski definition) is 1. The SMILES string of the molecule is CCN(CC1CCCNC1)C(=O)CCN1CCCC1.